The van der Waals surface area contributed by atoms with E-state index in [4.69, 9.17) is 0 Å². The third kappa shape index (κ3) is 3.60. The van der Waals surface area contributed by atoms with Crippen LogP contribution in [-0.4, -0.2) is 6.03 Å². The lowest BCUT2D eigenvalue weighted by atomic mass is 9.97. The van der Waals surface area contributed by atoms with Gasteiger partial charge in [0.05, 0.1) is 0 Å². The van der Waals surface area contributed by atoms with Gasteiger partial charge >= 0.3 is 6.03 Å². The predicted octanol–water partition coefficient (Wildman–Crippen LogP) is 4.84. The van der Waals surface area contributed by atoms with Gasteiger partial charge in [-0.05, 0) is 36.1 Å². The Morgan fingerprint density at radius 1 is 1.00 bits per heavy atom. The van der Waals surface area contributed by atoms with Crippen LogP contribution in [-0.2, 0) is 0 Å². The Morgan fingerprint density at radius 2 is 1.65 bits per heavy atom. The first-order valence-electron chi connectivity index (χ1n) is 6.92. The number of rotatable bonds is 4. The first kappa shape index (κ1) is 14.1. The second-order valence-electron chi connectivity index (χ2n) is 4.84. The zero-order valence-electron chi connectivity index (χ0n) is 11.9. The summed E-state index contributed by atoms with van der Waals surface area (Å²) < 4.78 is 0. The number of hydrogen-bond acceptors (Lipinski definition) is 1. The van der Waals surface area contributed by atoms with Crippen LogP contribution in [0.1, 0.15) is 31.7 Å². The van der Waals surface area contributed by atoms with E-state index >= 15 is 0 Å². The van der Waals surface area contributed by atoms with Crippen LogP contribution in [0.3, 0.4) is 0 Å². The summed E-state index contributed by atoms with van der Waals surface area (Å²) in [5, 5.41) is 5.75. The fourth-order valence-electron chi connectivity index (χ4n) is 2.07. The number of anilines is 2. The van der Waals surface area contributed by atoms with Crippen molar-refractivity contribution >= 4 is 17.4 Å². The minimum atomic E-state index is -0.216. The summed E-state index contributed by atoms with van der Waals surface area (Å²) in [6.45, 7) is 4.31. The van der Waals surface area contributed by atoms with Gasteiger partial charge in [0.15, 0.2) is 0 Å². The van der Waals surface area contributed by atoms with E-state index in [9.17, 15) is 4.79 Å². The Kier molecular flexibility index (Phi) is 4.77. The molecule has 0 saturated carbocycles. The molecule has 1 atom stereocenters. The first-order valence-corrected chi connectivity index (χ1v) is 6.92. The number of carbonyl (C=O) groups is 1. The molecule has 2 aromatic rings. The number of hydrogen-bond donors (Lipinski definition) is 2. The SMILES string of the molecule is CC[C@@H](C)c1ccccc1NC(=O)Nc1ccccc1. The Balaban J connectivity index is 2.08. The number of urea groups is 1. The summed E-state index contributed by atoms with van der Waals surface area (Å²) in [5.74, 6) is 0.420. The Hall–Kier alpha value is -2.29. The zero-order valence-corrected chi connectivity index (χ0v) is 11.9. The minimum Gasteiger partial charge on any atom is -0.308 e. The Morgan fingerprint density at radius 3 is 2.35 bits per heavy atom. The highest BCUT2D eigenvalue weighted by molar-refractivity contribution is 6.00. The summed E-state index contributed by atoms with van der Waals surface area (Å²) in [6, 6.07) is 17.1. The van der Waals surface area contributed by atoms with Crippen LogP contribution in [0.5, 0.6) is 0 Å². The second kappa shape index (κ2) is 6.75. The monoisotopic (exact) mass is 268 g/mol. The normalized spacial score (nSPS) is 11.7. The number of benzene rings is 2. The molecule has 0 bridgehead atoms. The van der Waals surface area contributed by atoms with Crippen molar-refractivity contribution in [3.8, 4) is 0 Å². The van der Waals surface area contributed by atoms with Crippen LogP contribution in [0.4, 0.5) is 16.2 Å². The van der Waals surface area contributed by atoms with Crippen molar-refractivity contribution < 1.29 is 4.79 Å². The van der Waals surface area contributed by atoms with Crippen LogP contribution < -0.4 is 10.6 Å². The molecule has 2 N–H and O–H groups in total. The van der Waals surface area contributed by atoms with Crippen molar-refractivity contribution in [3.05, 3.63) is 60.2 Å². The van der Waals surface area contributed by atoms with E-state index in [1.165, 1.54) is 5.56 Å². The lowest BCUT2D eigenvalue weighted by molar-refractivity contribution is 0.262. The molecule has 0 radical (unpaired) electrons. The van der Waals surface area contributed by atoms with E-state index in [-0.39, 0.29) is 6.03 Å². The van der Waals surface area contributed by atoms with Crippen molar-refractivity contribution in [2.24, 2.45) is 0 Å². The van der Waals surface area contributed by atoms with Crippen molar-refractivity contribution in [3.63, 3.8) is 0 Å². The molecule has 0 aromatic heterocycles. The van der Waals surface area contributed by atoms with Gasteiger partial charge in [0.25, 0.3) is 0 Å². The molecule has 0 saturated heterocycles. The Labute approximate surface area is 120 Å². The maximum atomic E-state index is 12.0. The molecule has 2 aromatic carbocycles. The fraction of sp³-hybridized carbons (Fsp3) is 0.235. The summed E-state index contributed by atoms with van der Waals surface area (Å²) in [7, 11) is 0. The second-order valence-corrected chi connectivity index (χ2v) is 4.84. The van der Waals surface area contributed by atoms with Gasteiger partial charge in [-0.25, -0.2) is 4.79 Å². The van der Waals surface area contributed by atoms with Gasteiger partial charge in [-0.3, -0.25) is 0 Å². The zero-order chi connectivity index (χ0) is 14.4. The molecule has 0 spiro atoms. The van der Waals surface area contributed by atoms with E-state index in [1.54, 1.807) is 0 Å². The van der Waals surface area contributed by atoms with Crippen molar-refractivity contribution in [2.75, 3.05) is 10.6 Å². The van der Waals surface area contributed by atoms with Crippen molar-refractivity contribution in [1.82, 2.24) is 0 Å². The Bertz CT molecular complexity index is 566. The molecule has 0 aliphatic heterocycles. The van der Waals surface area contributed by atoms with Gasteiger partial charge in [-0.15, -0.1) is 0 Å². The highest BCUT2D eigenvalue weighted by atomic mass is 16.2. The first-order chi connectivity index (χ1) is 9.70. The van der Waals surface area contributed by atoms with E-state index in [2.05, 4.69) is 30.5 Å². The van der Waals surface area contributed by atoms with Crippen molar-refractivity contribution in [2.45, 2.75) is 26.2 Å². The maximum Gasteiger partial charge on any atom is 0.323 e. The van der Waals surface area contributed by atoms with Crippen LogP contribution in [0.2, 0.25) is 0 Å². The lowest BCUT2D eigenvalue weighted by Crippen LogP contribution is -2.20. The summed E-state index contributed by atoms with van der Waals surface area (Å²) in [5.41, 5.74) is 2.82. The van der Waals surface area contributed by atoms with Gasteiger partial charge in [0, 0.05) is 11.4 Å². The average Bonchev–Trinajstić information content (AvgIpc) is 2.48. The molecule has 0 aliphatic carbocycles. The average molecular weight is 268 g/mol. The van der Waals surface area contributed by atoms with Gasteiger partial charge in [0.2, 0.25) is 0 Å². The molecule has 3 heteroatoms. The van der Waals surface area contributed by atoms with Crippen molar-refractivity contribution in [1.29, 1.82) is 0 Å². The van der Waals surface area contributed by atoms with E-state index in [0.717, 1.165) is 17.8 Å². The number of carbonyl (C=O) groups excluding carboxylic acids is 1. The molecule has 2 amide bonds. The van der Waals surface area contributed by atoms with Crippen LogP contribution in [0.25, 0.3) is 0 Å². The lowest BCUT2D eigenvalue weighted by Gasteiger charge is -2.16. The highest BCUT2D eigenvalue weighted by Crippen LogP contribution is 2.26. The van der Waals surface area contributed by atoms with Gasteiger partial charge < -0.3 is 10.6 Å². The minimum absolute atomic E-state index is 0.216. The third-order valence-corrected chi connectivity index (χ3v) is 3.38. The maximum absolute atomic E-state index is 12.0. The largest absolute Gasteiger partial charge is 0.323 e. The van der Waals surface area contributed by atoms with Gasteiger partial charge in [-0.2, -0.15) is 0 Å². The number of para-hydroxylation sites is 2. The molecule has 2 rings (SSSR count). The summed E-state index contributed by atoms with van der Waals surface area (Å²) >= 11 is 0. The quantitative estimate of drug-likeness (QED) is 0.818. The molecular formula is C17H20N2O. The smallest absolute Gasteiger partial charge is 0.308 e. The van der Waals surface area contributed by atoms with Crippen LogP contribution in [0.15, 0.2) is 54.6 Å². The topological polar surface area (TPSA) is 41.1 Å². The molecule has 20 heavy (non-hydrogen) atoms. The molecule has 104 valence electrons. The van der Waals surface area contributed by atoms with E-state index in [0.29, 0.717) is 5.92 Å². The third-order valence-electron chi connectivity index (χ3n) is 3.38. The van der Waals surface area contributed by atoms with E-state index in [1.807, 2.05) is 48.5 Å². The fourth-order valence-corrected chi connectivity index (χ4v) is 2.07. The standard InChI is InChI=1S/C17H20N2O/c1-3-13(2)15-11-7-8-12-16(15)19-17(20)18-14-9-5-4-6-10-14/h4-13H,3H2,1-2H3,(H2,18,19,20)/t13-/m1/s1. The molecular weight excluding hydrogens is 248 g/mol. The van der Waals surface area contributed by atoms with Crippen LogP contribution in [0, 0.1) is 0 Å². The molecule has 0 fully saturated rings. The van der Waals surface area contributed by atoms with E-state index < -0.39 is 0 Å². The predicted molar refractivity (Wildman–Crippen MR) is 84.2 cm³/mol. The molecule has 0 aliphatic rings. The van der Waals surface area contributed by atoms with Gasteiger partial charge in [-0.1, -0.05) is 50.2 Å². The number of amides is 2. The summed E-state index contributed by atoms with van der Waals surface area (Å²) in [4.78, 5) is 12.0. The van der Waals surface area contributed by atoms with Gasteiger partial charge in [0.1, 0.15) is 0 Å². The van der Waals surface area contributed by atoms with Crippen LogP contribution >= 0.6 is 0 Å². The highest BCUT2D eigenvalue weighted by Gasteiger charge is 2.10. The molecule has 0 unspecified atom stereocenters. The molecule has 3 nitrogen and oxygen atoms in total. The number of nitrogens with one attached hydrogen (secondary N) is 2. The summed E-state index contributed by atoms with van der Waals surface area (Å²) in [6.07, 6.45) is 1.04. The molecule has 0 heterocycles.